The zero-order valence-electron chi connectivity index (χ0n) is 32.9. The van der Waals surface area contributed by atoms with Crippen LogP contribution in [0.5, 0.6) is 0 Å². The van der Waals surface area contributed by atoms with Gasteiger partial charge in [-0.2, -0.15) is 10.4 Å². The highest BCUT2D eigenvalue weighted by Crippen LogP contribution is 2.47. The van der Waals surface area contributed by atoms with E-state index in [4.69, 9.17) is 33.7 Å². The number of nitriles is 1. The Kier molecular flexibility index (Phi) is 19.9. The molecule has 2 aromatic heterocycles. The molecule has 0 bridgehead atoms. The molecule has 0 amide bonds. The quantitative estimate of drug-likeness (QED) is 0.0274. The number of nitrogens with one attached hydrogen (secondary N) is 1. The molecule has 0 radical (unpaired) electrons. The van der Waals surface area contributed by atoms with E-state index in [1.165, 1.54) is 42.8 Å². The highest BCUT2D eigenvalue weighted by atomic mass is 31.2. The Bertz CT molecular complexity index is 1660. The van der Waals surface area contributed by atoms with Gasteiger partial charge in [0.1, 0.15) is 42.3 Å². The number of fused-ring (bicyclic) bond motifs is 1. The number of nitrogen functional groups attached to an aromatic ring is 1. The van der Waals surface area contributed by atoms with Crippen LogP contribution in [0.1, 0.15) is 110 Å². The molecule has 6 atom stereocenters. The van der Waals surface area contributed by atoms with Crippen LogP contribution in [0.15, 0.2) is 42.8 Å². The van der Waals surface area contributed by atoms with Crippen molar-refractivity contribution in [3.05, 3.63) is 48.5 Å². The van der Waals surface area contributed by atoms with Gasteiger partial charge >= 0.3 is 19.9 Å². The van der Waals surface area contributed by atoms with Crippen molar-refractivity contribution in [1.82, 2.24) is 19.7 Å². The van der Waals surface area contributed by atoms with Gasteiger partial charge in [-0.25, -0.2) is 23.9 Å². The summed E-state index contributed by atoms with van der Waals surface area (Å²) in [6.45, 7) is 5.33. The third-order valence-electron chi connectivity index (χ3n) is 8.92. The number of aromatic nitrogens is 3. The Balaban J connectivity index is 1.48. The summed E-state index contributed by atoms with van der Waals surface area (Å²) in [5.74, 6) is -0.636. The SMILES string of the molecule is CCCCC/C=C\C/C=C\CCCCCCCCOC(=O)[C@H](C)N[P@@](=O)(OCOC(=O)OC(C)C)OC[C@H]1O[C@@](C#N)(c2ccc3c(N)ncnn23)[C@H](O)[C@@H]1O. The molecule has 1 saturated heterocycles. The van der Waals surface area contributed by atoms with Gasteiger partial charge in [-0.3, -0.25) is 13.8 Å². The summed E-state index contributed by atoms with van der Waals surface area (Å²) in [7, 11) is -4.54. The second-order valence-electron chi connectivity index (χ2n) is 13.8. The summed E-state index contributed by atoms with van der Waals surface area (Å²) < 4.78 is 46.9. The lowest BCUT2D eigenvalue weighted by molar-refractivity contribution is -0.145. The minimum absolute atomic E-state index is 0.0453. The number of nitrogens with two attached hydrogens (primary N) is 1. The third kappa shape index (κ3) is 14.3. The molecule has 56 heavy (non-hydrogen) atoms. The van der Waals surface area contributed by atoms with Crippen molar-refractivity contribution >= 4 is 31.2 Å². The van der Waals surface area contributed by atoms with E-state index in [-0.39, 0.29) is 18.1 Å². The van der Waals surface area contributed by atoms with Gasteiger partial charge in [0.2, 0.25) is 12.4 Å². The van der Waals surface area contributed by atoms with E-state index in [2.05, 4.69) is 46.4 Å². The number of rotatable bonds is 26. The number of esters is 1. The molecule has 0 unspecified atom stereocenters. The van der Waals surface area contributed by atoms with Gasteiger partial charge in [0.25, 0.3) is 0 Å². The zero-order chi connectivity index (χ0) is 41.0. The Hall–Kier alpha value is -3.88. The molecule has 18 heteroatoms. The molecule has 0 aromatic carbocycles. The molecule has 0 saturated carbocycles. The maximum Gasteiger partial charge on any atom is 0.510 e. The van der Waals surface area contributed by atoms with Crippen molar-refractivity contribution < 1.29 is 52.4 Å². The molecule has 2 aromatic rings. The molecule has 3 rings (SSSR count). The van der Waals surface area contributed by atoms with Gasteiger partial charge < -0.3 is 34.9 Å². The fourth-order valence-corrected chi connectivity index (χ4v) is 7.22. The minimum atomic E-state index is -4.54. The van der Waals surface area contributed by atoms with Crippen molar-refractivity contribution in [2.45, 2.75) is 141 Å². The van der Waals surface area contributed by atoms with Crippen LogP contribution in [0.2, 0.25) is 0 Å². The first kappa shape index (κ1) is 46.5. The van der Waals surface area contributed by atoms with E-state index in [0.717, 1.165) is 57.7 Å². The van der Waals surface area contributed by atoms with Crippen LogP contribution in [-0.2, 0) is 43.0 Å². The summed E-state index contributed by atoms with van der Waals surface area (Å²) in [5, 5.41) is 38.7. The molecule has 0 aliphatic carbocycles. The van der Waals surface area contributed by atoms with E-state index in [0.29, 0.717) is 11.9 Å². The van der Waals surface area contributed by atoms with Gasteiger partial charge in [-0.1, -0.05) is 69.8 Å². The standard InChI is InChI=1S/C38H59N6O11P/c1-5-6-7-8-9-10-11-12-13-14-15-16-17-18-19-20-23-50-36(47)29(4)43-56(49,53-27-51-37(48)54-28(2)3)52-24-31-33(45)34(46)38(25-39,55-31)32-22-21-30-35(40)41-26-42-44(30)32/h9-10,12-13,21-22,26,28-29,31,33-34,45-46H,5-8,11,14-20,23-24,27H2,1-4H3,(H,43,49)(H2,40,41,42)/b10-9-,13-12-/t29-,31+,33+,34+,38-,56-/m0/s1. The van der Waals surface area contributed by atoms with Crippen LogP contribution in [-0.4, -0.2) is 87.4 Å². The molecule has 1 aliphatic heterocycles. The maximum absolute atomic E-state index is 13.9. The second-order valence-corrected chi connectivity index (χ2v) is 15.6. The molecule has 1 aliphatic rings. The van der Waals surface area contributed by atoms with Crippen LogP contribution in [0.4, 0.5) is 10.6 Å². The van der Waals surface area contributed by atoms with Gasteiger partial charge in [-0.15, -0.1) is 0 Å². The minimum Gasteiger partial charge on any atom is -0.465 e. The van der Waals surface area contributed by atoms with Crippen LogP contribution < -0.4 is 10.8 Å². The molecule has 3 heterocycles. The number of ether oxygens (including phenoxy) is 4. The lowest BCUT2D eigenvalue weighted by Gasteiger charge is -2.25. The summed E-state index contributed by atoms with van der Waals surface area (Å²) in [5.41, 5.74) is 4.13. The van der Waals surface area contributed by atoms with Gasteiger partial charge in [0, 0.05) is 0 Å². The normalized spacial score (nSPS) is 21.4. The highest BCUT2D eigenvalue weighted by molar-refractivity contribution is 7.51. The molecule has 1 fully saturated rings. The Morgan fingerprint density at radius 3 is 2.39 bits per heavy atom. The third-order valence-corrected chi connectivity index (χ3v) is 10.6. The number of nitrogens with zero attached hydrogens (tertiary/aromatic N) is 4. The molecule has 0 spiro atoms. The lowest BCUT2D eigenvalue weighted by atomic mass is 9.92. The van der Waals surface area contributed by atoms with E-state index in [9.17, 15) is 29.6 Å². The topological polar surface area (TPSA) is 239 Å². The lowest BCUT2D eigenvalue weighted by Crippen LogP contribution is -2.41. The number of aliphatic hydroxyl groups excluding tert-OH is 2. The number of aliphatic hydroxyl groups is 2. The van der Waals surface area contributed by atoms with E-state index in [1.54, 1.807) is 13.8 Å². The number of allylic oxidation sites excluding steroid dienone is 4. The number of hydrogen-bond acceptors (Lipinski definition) is 15. The van der Waals surface area contributed by atoms with E-state index < -0.39 is 69.3 Å². The van der Waals surface area contributed by atoms with Crippen molar-refractivity contribution in [3.63, 3.8) is 0 Å². The van der Waals surface area contributed by atoms with Crippen LogP contribution in [0.25, 0.3) is 5.52 Å². The number of carbonyl (C=O) groups is 2. The van der Waals surface area contributed by atoms with Crippen LogP contribution >= 0.6 is 7.75 Å². The summed E-state index contributed by atoms with van der Waals surface area (Å²) >= 11 is 0. The second kappa shape index (κ2) is 24.0. The first-order valence-electron chi connectivity index (χ1n) is 19.4. The van der Waals surface area contributed by atoms with Crippen molar-refractivity contribution in [2.75, 3.05) is 25.7 Å². The monoisotopic (exact) mass is 806 g/mol. The van der Waals surface area contributed by atoms with Crippen LogP contribution in [0, 0.1) is 11.3 Å². The number of unbranched alkanes of at least 4 members (excludes halogenated alkanes) is 9. The highest BCUT2D eigenvalue weighted by Gasteiger charge is 2.58. The van der Waals surface area contributed by atoms with Gasteiger partial charge in [-0.05, 0) is 71.4 Å². The first-order valence-corrected chi connectivity index (χ1v) is 20.9. The van der Waals surface area contributed by atoms with Gasteiger partial charge in [0.05, 0.1) is 25.0 Å². The van der Waals surface area contributed by atoms with E-state index in [1.807, 2.05) is 6.07 Å². The molecular formula is C38H59N6O11P. The van der Waals surface area contributed by atoms with Crippen molar-refractivity contribution in [1.29, 1.82) is 5.26 Å². The van der Waals surface area contributed by atoms with Crippen molar-refractivity contribution in [3.8, 4) is 6.07 Å². The Morgan fingerprint density at radius 2 is 1.71 bits per heavy atom. The predicted molar refractivity (Wildman–Crippen MR) is 207 cm³/mol. The largest absolute Gasteiger partial charge is 0.510 e. The summed E-state index contributed by atoms with van der Waals surface area (Å²) in [4.78, 5) is 28.6. The first-order chi connectivity index (χ1) is 26.9. The molecule has 17 nitrogen and oxygen atoms in total. The number of carbonyl (C=O) groups excluding carboxylic acids is 2. The smallest absolute Gasteiger partial charge is 0.465 e. The van der Waals surface area contributed by atoms with Crippen molar-refractivity contribution in [2.24, 2.45) is 0 Å². The fourth-order valence-electron chi connectivity index (χ4n) is 5.88. The molecular weight excluding hydrogens is 747 g/mol. The average molecular weight is 807 g/mol. The molecule has 5 N–H and O–H groups in total. The number of hydrogen-bond donors (Lipinski definition) is 4. The molecule has 312 valence electrons. The average Bonchev–Trinajstić information content (AvgIpc) is 3.71. The van der Waals surface area contributed by atoms with Gasteiger partial charge in [0.15, 0.2) is 5.82 Å². The fraction of sp³-hybridized carbons (Fsp3) is 0.658. The van der Waals surface area contributed by atoms with E-state index >= 15 is 0 Å². The maximum atomic E-state index is 13.9. The predicted octanol–water partition coefficient (Wildman–Crippen LogP) is 6.15. The van der Waals surface area contributed by atoms with Crippen LogP contribution in [0.3, 0.4) is 0 Å². The number of anilines is 1. The zero-order valence-corrected chi connectivity index (χ0v) is 33.8. The Morgan fingerprint density at radius 1 is 1.04 bits per heavy atom. The summed E-state index contributed by atoms with van der Waals surface area (Å²) in [6.07, 6.45) is 16.4. The summed E-state index contributed by atoms with van der Waals surface area (Å²) in [6, 6.07) is 3.64. The Labute approximate surface area is 329 Å².